The van der Waals surface area contributed by atoms with E-state index in [0.29, 0.717) is 12.5 Å². The van der Waals surface area contributed by atoms with Crippen LogP contribution in [0.3, 0.4) is 0 Å². The predicted octanol–water partition coefficient (Wildman–Crippen LogP) is 5.53. The van der Waals surface area contributed by atoms with Gasteiger partial charge < -0.3 is 4.74 Å². The summed E-state index contributed by atoms with van der Waals surface area (Å²) in [7, 11) is -3.10. The van der Waals surface area contributed by atoms with Gasteiger partial charge in [0, 0.05) is 12.3 Å². The molecule has 0 heterocycles. The van der Waals surface area contributed by atoms with Crippen molar-refractivity contribution in [3.8, 4) is 5.75 Å². The van der Waals surface area contributed by atoms with Crippen molar-refractivity contribution < 1.29 is 17.9 Å². The fraction of sp³-hybridized carbons (Fsp3) is 0.720. The molecule has 0 aliphatic heterocycles. The zero-order valence-corrected chi connectivity index (χ0v) is 19.7. The monoisotopic (exact) mass is 434 g/mol. The van der Waals surface area contributed by atoms with Gasteiger partial charge in [0.2, 0.25) is 0 Å². The van der Waals surface area contributed by atoms with Gasteiger partial charge in [-0.3, -0.25) is 4.79 Å². The van der Waals surface area contributed by atoms with Gasteiger partial charge in [-0.2, -0.15) is 0 Å². The number of Topliss-reactive ketones (excluding diaryl/α,β-unsaturated/α-hetero) is 1. The molecule has 4 nitrogen and oxygen atoms in total. The molecule has 0 unspecified atom stereocenters. The maximum absolute atomic E-state index is 12.9. The van der Waals surface area contributed by atoms with Gasteiger partial charge in [-0.1, -0.05) is 18.6 Å². The number of carbonyl (C=O) groups excluding carboxylic acids is 1. The van der Waals surface area contributed by atoms with Crippen molar-refractivity contribution in [1.29, 1.82) is 0 Å². The van der Waals surface area contributed by atoms with Crippen LogP contribution in [0, 0.1) is 11.8 Å². The molecule has 0 aromatic heterocycles. The Morgan fingerprint density at radius 3 is 2.30 bits per heavy atom. The summed E-state index contributed by atoms with van der Waals surface area (Å²) in [5.74, 6) is 1.65. The Hall–Kier alpha value is -1.36. The third kappa shape index (κ3) is 6.32. The fourth-order valence-corrected chi connectivity index (χ4v) is 6.12. The molecular weight excluding hydrogens is 396 g/mol. The number of sulfone groups is 1. The van der Waals surface area contributed by atoms with Crippen LogP contribution in [0.4, 0.5) is 0 Å². The van der Waals surface area contributed by atoms with Gasteiger partial charge in [0.05, 0.1) is 16.6 Å². The molecule has 0 spiro atoms. The second kappa shape index (κ2) is 9.84. The van der Waals surface area contributed by atoms with E-state index in [1.165, 1.54) is 19.3 Å². The van der Waals surface area contributed by atoms with Crippen molar-refractivity contribution in [3.63, 3.8) is 0 Å². The van der Waals surface area contributed by atoms with E-state index in [-0.39, 0.29) is 23.4 Å². The summed E-state index contributed by atoms with van der Waals surface area (Å²) in [6.45, 7) is 5.30. The summed E-state index contributed by atoms with van der Waals surface area (Å²) in [5, 5.41) is 0. The first-order valence-corrected chi connectivity index (χ1v) is 13.3. The van der Waals surface area contributed by atoms with E-state index in [1.54, 1.807) is 20.8 Å². The van der Waals surface area contributed by atoms with Crippen LogP contribution in [0.25, 0.3) is 0 Å². The van der Waals surface area contributed by atoms with Crippen molar-refractivity contribution >= 4 is 15.6 Å². The van der Waals surface area contributed by atoms with E-state index in [1.807, 2.05) is 24.3 Å². The van der Waals surface area contributed by atoms with E-state index in [0.717, 1.165) is 49.8 Å². The maximum Gasteiger partial charge on any atom is 0.155 e. The molecule has 2 saturated carbocycles. The van der Waals surface area contributed by atoms with Crippen LogP contribution in [0.2, 0.25) is 0 Å². The minimum Gasteiger partial charge on any atom is -0.490 e. The normalized spacial score (nSPS) is 23.8. The number of benzene rings is 1. The predicted molar refractivity (Wildman–Crippen MR) is 122 cm³/mol. The lowest BCUT2D eigenvalue weighted by Crippen LogP contribution is -2.35. The third-order valence-corrected chi connectivity index (χ3v) is 9.60. The van der Waals surface area contributed by atoms with Gasteiger partial charge >= 0.3 is 0 Å². The largest absolute Gasteiger partial charge is 0.490 e. The number of ketones is 1. The fourth-order valence-electron chi connectivity index (χ4n) is 4.66. The molecular formula is C25H38O4S. The molecule has 0 N–H and O–H groups in total. The van der Waals surface area contributed by atoms with Gasteiger partial charge in [-0.15, -0.1) is 0 Å². The molecule has 5 heteroatoms. The van der Waals surface area contributed by atoms with Crippen LogP contribution in [-0.4, -0.2) is 30.8 Å². The quantitative estimate of drug-likeness (QED) is 0.566. The summed E-state index contributed by atoms with van der Waals surface area (Å²) in [4.78, 5) is 12.9. The third-order valence-electron chi connectivity index (χ3n) is 6.82. The van der Waals surface area contributed by atoms with E-state index in [4.69, 9.17) is 4.74 Å². The molecule has 0 atom stereocenters. The molecule has 1 aromatic rings. The number of ether oxygens (including phenoxy) is 1. The lowest BCUT2D eigenvalue weighted by Gasteiger charge is -2.30. The summed E-state index contributed by atoms with van der Waals surface area (Å²) in [6.07, 6.45) is 10.1. The summed E-state index contributed by atoms with van der Waals surface area (Å²) >= 11 is 0. The van der Waals surface area contributed by atoms with E-state index >= 15 is 0 Å². The van der Waals surface area contributed by atoms with Gasteiger partial charge in [-0.05, 0) is 95.8 Å². The molecule has 2 aliphatic carbocycles. The highest BCUT2D eigenvalue weighted by Crippen LogP contribution is 2.33. The second-order valence-electron chi connectivity index (χ2n) is 10.3. The van der Waals surface area contributed by atoms with Crippen LogP contribution in [0.15, 0.2) is 24.3 Å². The molecule has 0 saturated heterocycles. The van der Waals surface area contributed by atoms with E-state index < -0.39 is 14.6 Å². The first-order chi connectivity index (χ1) is 14.1. The topological polar surface area (TPSA) is 60.4 Å². The smallest absolute Gasteiger partial charge is 0.155 e. The summed E-state index contributed by atoms with van der Waals surface area (Å²) in [6, 6.07) is 8.00. The lowest BCUT2D eigenvalue weighted by atomic mass is 9.79. The van der Waals surface area contributed by atoms with Crippen molar-refractivity contribution in [3.05, 3.63) is 29.8 Å². The Balaban J connectivity index is 1.49. The molecule has 1 aromatic carbocycles. The van der Waals surface area contributed by atoms with Crippen LogP contribution in [0.5, 0.6) is 5.75 Å². The van der Waals surface area contributed by atoms with Crippen molar-refractivity contribution in [2.75, 3.05) is 5.75 Å². The lowest BCUT2D eigenvalue weighted by molar-refractivity contribution is -0.123. The van der Waals surface area contributed by atoms with Crippen LogP contribution in [-0.2, 0) is 21.1 Å². The first kappa shape index (κ1) is 23.3. The van der Waals surface area contributed by atoms with Crippen LogP contribution >= 0.6 is 0 Å². The Labute approximate surface area is 182 Å². The highest BCUT2D eigenvalue weighted by atomic mass is 32.2. The zero-order chi connectivity index (χ0) is 21.8. The Bertz CT molecular complexity index is 808. The molecule has 2 fully saturated rings. The Morgan fingerprint density at radius 2 is 1.67 bits per heavy atom. The number of carbonyl (C=O) groups is 1. The zero-order valence-electron chi connectivity index (χ0n) is 18.9. The van der Waals surface area contributed by atoms with Gasteiger partial charge in [0.1, 0.15) is 11.5 Å². The summed E-state index contributed by atoms with van der Waals surface area (Å²) < 4.78 is 30.4. The molecule has 0 bridgehead atoms. The van der Waals surface area contributed by atoms with E-state index in [9.17, 15) is 13.2 Å². The maximum atomic E-state index is 12.9. The highest BCUT2D eigenvalue weighted by molar-refractivity contribution is 7.92. The standard InChI is InChI=1S/C25H38O4S/c1-25(2,3)30(27,28)18-19-12-14-21(15-13-19)24(26)17-20-8-7-11-23(16-20)29-22-9-5-4-6-10-22/h7-8,11,16,19,21-22H,4-6,9-10,12-15,17-18H2,1-3H3. The van der Waals surface area contributed by atoms with Crippen LogP contribution < -0.4 is 4.74 Å². The number of rotatable bonds is 7. The van der Waals surface area contributed by atoms with Crippen LogP contribution in [0.1, 0.15) is 84.1 Å². The average molecular weight is 435 g/mol. The Kier molecular flexibility index (Phi) is 7.65. The van der Waals surface area contributed by atoms with Crippen molar-refractivity contribution in [2.24, 2.45) is 11.8 Å². The number of hydrogen-bond donors (Lipinski definition) is 0. The van der Waals surface area contributed by atoms with Gasteiger partial charge in [0.25, 0.3) is 0 Å². The molecule has 0 radical (unpaired) electrons. The molecule has 2 aliphatic rings. The second-order valence-corrected chi connectivity index (χ2v) is 13.1. The van der Waals surface area contributed by atoms with E-state index in [2.05, 4.69) is 0 Å². The van der Waals surface area contributed by atoms with Gasteiger partial charge in [0.15, 0.2) is 9.84 Å². The highest BCUT2D eigenvalue weighted by Gasteiger charge is 2.34. The summed E-state index contributed by atoms with van der Waals surface area (Å²) in [5.41, 5.74) is 1.02. The molecule has 3 rings (SSSR count). The SMILES string of the molecule is CC(C)(C)S(=O)(=O)CC1CCC(C(=O)Cc2cccc(OC3CCCCC3)c2)CC1. The van der Waals surface area contributed by atoms with Crippen molar-refractivity contribution in [2.45, 2.75) is 95.8 Å². The molecule has 30 heavy (non-hydrogen) atoms. The average Bonchev–Trinajstić information content (AvgIpc) is 2.68. The minimum atomic E-state index is -3.10. The minimum absolute atomic E-state index is 0.0570. The first-order valence-electron chi connectivity index (χ1n) is 11.6. The molecule has 0 amide bonds. The number of hydrogen-bond acceptors (Lipinski definition) is 4. The Morgan fingerprint density at radius 1 is 1.00 bits per heavy atom. The van der Waals surface area contributed by atoms with Crippen molar-refractivity contribution in [1.82, 2.24) is 0 Å². The van der Waals surface area contributed by atoms with Gasteiger partial charge in [-0.25, -0.2) is 8.42 Å². The molecule has 168 valence electrons.